The van der Waals surface area contributed by atoms with Crippen LogP contribution < -0.4 is 32.1 Å². The van der Waals surface area contributed by atoms with Crippen molar-refractivity contribution < 1.29 is 90.5 Å². The summed E-state index contributed by atoms with van der Waals surface area (Å²) in [5.74, 6) is -4.02. The Balaban J connectivity index is 2.21. The monoisotopic (exact) mass is 1040 g/mol. The Morgan fingerprint density at radius 3 is 1.42 bits per heavy atom. The summed E-state index contributed by atoms with van der Waals surface area (Å²) in [5, 5.41) is 10.3. The lowest BCUT2D eigenvalue weighted by atomic mass is 10.1. The Bertz CT molecular complexity index is 1580. The molecule has 414 valence electrons. The zero-order valence-corrected chi connectivity index (χ0v) is 43.0. The number of rotatable bonds is 44. The predicted molar refractivity (Wildman–Crippen MR) is 256 cm³/mol. The first-order valence-corrected chi connectivity index (χ1v) is 24.2. The average molecular weight is 1040 g/mol. The van der Waals surface area contributed by atoms with Crippen molar-refractivity contribution in [3.63, 3.8) is 0 Å². The third-order valence-corrected chi connectivity index (χ3v) is 9.41. The van der Waals surface area contributed by atoms with Crippen LogP contribution >= 0.6 is 0 Å². The highest BCUT2D eigenvalue weighted by atomic mass is 16.6. The van der Waals surface area contributed by atoms with Gasteiger partial charge in [0.15, 0.2) is 0 Å². The SMILES string of the molecule is COCCOCCOCCOCCOCCOCCOCCOCCOCCOCC(=O)NCCCC[C@H](NC(=O)CCCN1C(=O)C=CC1=O)C(=O)N[C@@H](C)C(=O)N[C@@H](C)C(=O)NNC(=O)OC(C)(C)C. The maximum atomic E-state index is 13.4. The molecule has 1 rings (SSSR count). The molecule has 26 heteroatoms. The van der Waals surface area contributed by atoms with Crippen molar-refractivity contribution in [2.45, 2.75) is 90.4 Å². The van der Waals surface area contributed by atoms with Crippen LogP contribution in [0.3, 0.4) is 0 Å². The van der Waals surface area contributed by atoms with E-state index >= 15 is 0 Å². The van der Waals surface area contributed by atoms with Gasteiger partial charge in [-0.15, -0.1) is 0 Å². The smallest absolute Gasteiger partial charge is 0.426 e. The first kappa shape index (κ1) is 65.1. The summed E-state index contributed by atoms with van der Waals surface area (Å²) in [4.78, 5) is 100. The molecule has 0 radical (unpaired) electrons. The second-order valence-electron chi connectivity index (χ2n) is 16.8. The van der Waals surface area contributed by atoms with Gasteiger partial charge >= 0.3 is 6.09 Å². The number of methoxy groups -OCH3 is 1. The van der Waals surface area contributed by atoms with E-state index in [0.717, 1.165) is 17.1 Å². The summed E-state index contributed by atoms with van der Waals surface area (Å²) in [6, 6.07) is -3.37. The molecule has 0 aromatic rings. The molecule has 0 bridgehead atoms. The van der Waals surface area contributed by atoms with Gasteiger partial charge in [0, 0.05) is 38.8 Å². The van der Waals surface area contributed by atoms with E-state index in [4.69, 9.17) is 52.1 Å². The summed E-state index contributed by atoms with van der Waals surface area (Å²) in [6.45, 7) is 15.5. The number of carbonyl (C=O) groups excluding carboxylic acids is 8. The molecule has 1 aliphatic heterocycles. The lowest BCUT2D eigenvalue weighted by Gasteiger charge is -2.23. The van der Waals surface area contributed by atoms with Crippen LogP contribution in [0.15, 0.2) is 12.2 Å². The predicted octanol–water partition coefficient (Wildman–Crippen LogP) is -1.18. The van der Waals surface area contributed by atoms with Crippen molar-refractivity contribution in [3.05, 3.63) is 12.2 Å². The van der Waals surface area contributed by atoms with E-state index in [1.54, 1.807) is 27.9 Å². The highest BCUT2D eigenvalue weighted by Crippen LogP contribution is 2.08. The first-order chi connectivity index (χ1) is 34.5. The maximum Gasteiger partial charge on any atom is 0.426 e. The van der Waals surface area contributed by atoms with E-state index < -0.39 is 65.3 Å². The van der Waals surface area contributed by atoms with Crippen molar-refractivity contribution in [2.75, 3.05) is 146 Å². The Morgan fingerprint density at radius 1 is 0.528 bits per heavy atom. The minimum absolute atomic E-state index is 0.00885. The average Bonchev–Trinajstić information content (AvgIpc) is 3.65. The van der Waals surface area contributed by atoms with Crippen LogP contribution in [0, 0.1) is 0 Å². The second kappa shape index (κ2) is 41.6. The normalized spacial score (nSPS) is 13.6. The van der Waals surface area contributed by atoms with Crippen LogP contribution in [0.25, 0.3) is 0 Å². The van der Waals surface area contributed by atoms with E-state index in [1.165, 1.54) is 13.8 Å². The van der Waals surface area contributed by atoms with Gasteiger partial charge in [-0.25, -0.2) is 10.2 Å². The van der Waals surface area contributed by atoms with Gasteiger partial charge in [-0.3, -0.25) is 43.9 Å². The minimum Gasteiger partial charge on any atom is -0.443 e. The number of amides is 8. The highest BCUT2D eigenvalue weighted by molar-refractivity contribution is 6.12. The van der Waals surface area contributed by atoms with E-state index in [9.17, 15) is 38.4 Å². The Labute approximate surface area is 422 Å². The van der Waals surface area contributed by atoms with Gasteiger partial charge < -0.3 is 73.4 Å². The van der Waals surface area contributed by atoms with Crippen molar-refractivity contribution in [3.8, 4) is 0 Å². The molecule has 72 heavy (non-hydrogen) atoms. The largest absolute Gasteiger partial charge is 0.443 e. The fourth-order valence-electron chi connectivity index (χ4n) is 5.71. The van der Waals surface area contributed by atoms with Gasteiger partial charge in [0.25, 0.3) is 17.7 Å². The highest BCUT2D eigenvalue weighted by Gasteiger charge is 2.27. The Morgan fingerprint density at radius 2 is 0.958 bits per heavy atom. The molecule has 0 saturated heterocycles. The van der Waals surface area contributed by atoms with Gasteiger partial charge in [-0.05, 0) is 60.3 Å². The molecule has 26 nitrogen and oxygen atoms in total. The van der Waals surface area contributed by atoms with Gasteiger partial charge in [-0.2, -0.15) is 0 Å². The van der Waals surface area contributed by atoms with Crippen LogP contribution in [0.2, 0.25) is 0 Å². The minimum atomic E-state index is -1.15. The summed E-state index contributed by atoms with van der Waals surface area (Å²) < 4.78 is 58.8. The molecule has 1 aliphatic rings. The van der Waals surface area contributed by atoms with E-state index in [1.807, 2.05) is 0 Å². The molecule has 0 aliphatic carbocycles. The number of ether oxygens (including phenoxy) is 11. The van der Waals surface area contributed by atoms with E-state index in [0.29, 0.717) is 119 Å². The lowest BCUT2D eigenvalue weighted by Crippen LogP contribution is -2.56. The first-order valence-electron chi connectivity index (χ1n) is 24.2. The maximum absolute atomic E-state index is 13.4. The molecule has 0 aromatic heterocycles. The molecule has 8 amide bonds. The van der Waals surface area contributed by atoms with Crippen molar-refractivity contribution >= 4 is 47.4 Å². The van der Waals surface area contributed by atoms with Crippen LogP contribution in [-0.4, -0.2) is 222 Å². The standard InChI is InChI=1S/C46H81N7O19/c1-35(42(58)48-36(2)43(59)51-52-45(61)72-46(3,4)5)49-44(60)37(50-38(54)11-9-15-53-40(56)12-13-41(53)57)10-7-8-14-47-39(55)34-71-33-32-70-31-30-69-29-28-68-27-26-67-25-24-66-23-22-65-21-20-64-19-18-63-17-16-62-6/h12-13,35-37H,7-11,14-34H2,1-6H3,(H,47,55)(H,48,58)(H,49,60)(H,50,54)(H,51,59)(H,52,61)/t35-,36-,37-/m0/s1. The molecule has 0 spiro atoms. The number of hydrogen-bond acceptors (Lipinski definition) is 19. The Hall–Kier alpha value is -4.90. The third-order valence-electron chi connectivity index (χ3n) is 9.41. The fourth-order valence-corrected chi connectivity index (χ4v) is 5.71. The molecule has 0 saturated carbocycles. The quantitative estimate of drug-likeness (QED) is 0.0238. The third kappa shape index (κ3) is 36.1. The van der Waals surface area contributed by atoms with Crippen LogP contribution in [-0.2, 0) is 85.7 Å². The Kier molecular flexibility index (Phi) is 37.6. The van der Waals surface area contributed by atoms with Crippen molar-refractivity contribution in [1.29, 1.82) is 0 Å². The lowest BCUT2D eigenvalue weighted by molar-refractivity contribution is -0.137. The van der Waals surface area contributed by atoms with Gasteiger partial charge in [-0.1, -0.05) is 0 Å². The summed E-state index contributed by atoms with van der Waals surface area (Å²) in [6.07, 6.45) is 2.35. The molecule has 0 unspecified atom stereocenters. The zero-order valence-electron chi connectivity index (χ0n) is 43.0. The molecule has 0 aromatic carbocycles. The molecule has 3 atom stereocenters. The molecule has 6 N–H and O–H groups in total. The number of nitrogens with zero attached hydrogens (tertiary/aromatic N) is 1. The topological polar surface area (TPSA) is 314 Å². The molecule has 1 heterocycles. The zero-order chi connectivity index (χ0) is 53.2. The molecule has 0 fully saturated rings. The molecular weight excluding hydrogens is 955 g/mol. The van der Waals surface area contributed by atoms with Gasteiger partial charge in [0.1, 0.15) is 30.3 Å². The summed E-state index contributed by atoms with van der Waals surface area (Å²) in [5.41, 5.74) is 3.42. The number of carbonyl (C=O) groups is 8. The van der Waals surface area contributed by atoms with E-state index in [2.05, 4.69) is 32.1 Å². The number of hydrogen-bond donors (Lipinski definition) is 6. The number of nitrogens with one attached hydrogen (secondary N) is 6. The van der Waals surface area contributed by atoms with Crippen LogP contribution in [0.1, 0.15) is 66.7 Å². The number of hydrazine groups is 1. The summed E-state index contributed by atoms with van der Waals surface area (Å²) >= 11 is 0. The van der Waals surface area contributed by atoms with E-state index in [-0.39, 0.29) is 58.1 Å². The number of unbranched alkanes of at least 4 members (excludes halogenated alkanes) is 1. The van der Waals surface area contributed by atoms with Crippen molar-refractivity contribution in [2.24, 2.45) is 0 Å². The number of imide groups is 1. The van der Waals surface area contributed by atoms with Gasteiger partial charge in [0.05, 0.1) is 119 Å². The molecular formula is C46H81N7O19. The van der Waals surface area contributed by atoms with Crippen molar-refractivity contribution in [1.82, 2.24) is 37.0 Å². The van der Waals surface area contributed by atoms with Crippen LogP contribution in [0.5, 0.6) is 0 Å². The van der Waals surface area contributed by atoms with Crippen LogP contribution in [0.4, 0.5) is 4.79 Å². The second-order valence-corrected chi connectivity index (χ2v) is 16.8. The van der Waals surface area contributed by atoms with Gasteiger partial charge in [0.2, 0.25) is 23.6 Å². The fraction of sp³-hybridized carbons (Fsp3) is 0.783. The summed E-state index contributed by atoms with van der Waals surface area (Å²) in [7, 11) is 1.63.